The summed E-state index contributed by atoms with van der Waals surface area (Å²) in [5.74, 6) is -0.843. The molecule has 2 aromatic rings. The average molecular weight is 466 g/mol. The third kappa shape index (κ3) is 5.64. The van der Waals surface area contributed by atoms with Crippen molar-refractivity contribution in [3.8, 4) is 0 Å². The van der Waals surface area contributed by atoms with Crippen LogP contribution in [-0.2, 0) is 4.79 Å². The predicted octanol–water partition coefficient (Wildman–Crippen LogP) is 3.80. The molecule has 1 atom stereocenters. The summed E-state index contributed by atoms with van der Waals surface area (Å²) in [7, 11) is 0. The second-order valence-electron chi connectivity index (χ2n) is 9.34. The van der Waals surface area contributed by atoms with Gasteiger partial charge < -0.3 is 15.1 Å². The van der Waals surface area contributed by atoms with Crippen molar-refractivity contribution in [2.24, 2.45) is 5.92 Å². The number of hydrogen-bond donors (Lipinski definition) is 1. The fourth-order valence-corrected chi connectivity index (χ4v) is 4.83. The Hall–Kier alpha value is -3.22. The summed E-state index contributed by atoms with van der Waals surface area (Å²) in [6, 6.07) is 12.3. The quantitative estimate of drug-likeness (QED) is 0.730. The number of carbonyl (C=O) groups excluding carboxylic acids is 3. The van der Waals surface area contributed by atoms with E-state index in [1.54, 1.807) is 17.0 Å². The van der Waals surface area contributed by atoms with E-state index >= 15 is 0 Å². The van der Waals surface area contributed by atoms with Gasteiger partial charge in [-0.1, -0.05) is 17.7 Å². The number of hydrogen-bond acceptors (Lipinski definition) is 3. The minimum atomic E-state index is -0.616. The van der Waals surface area contributed by atoms with Gasteiger partial charge in [0.05, 0.1) is 0 Å². The topological polar surface area (TPSA) is 69.7 Å². The lowest BCUT2D eigenvalue weighted by Gasteiger charge is -2.38. The van der Waals surface area contributed by atoms with Crippen LogP contribution in [0.3, 0.4) is 0 Å². The van der Waals surface area contributed by atoms with Crippen molar-refractivity contribution in [2.45, 2.75) is 45.1 Å². The first-order chi connectivity index (χ1) is 16.4. The molecule has 2 saturated heterocycles. The van der Waals surface area contributed by atoms with E-state index in [-0.39, 0.29) is 29.5 Å². The van der Waals surface area contributed by atoms with Crippen LogP contribution in [0.5, 0.6) is 0 Å². The highest BCUT2D eigenvalue weighted by atomic mass is 19.1. The Morgan fingerprint density at radius 3 is 2.03 bits per heavy atom. The van der Waals surface area contributed by atoms with Crippen LogP contribution in [0, 0.1) is 18.7 Å². The molecule has 2 fully saturated rings. The van der Waals surface area contributed by atoms with Crippen LogP contribution in [-0.4, -0.2) is 59.7 Å². The molecule has 2 aliphatic heterocycles. The molecular formula is C27H32FN3O3. The molecule has 3 amide bonds. The number of likely N-dealkylation sites (tertiary alicyclic amines) is 2. The summed E-state index contributed by atoms with van der Waals surface area (Å²) in [6.45, 7) is 4.39. The van der Waals surface area contributed by atoms with Crippen LogP contribution >= 0.6 is 0 Å². The van der Waals surface area contributed by atoms with E-state index in [2.05, 4.69) is 5.32 Å². The molecule has 6 nitrogen and oxygen atoms in total. The predicted molar refractivity (Wildman–Crippen MR) is 128 cm³/mol. The summed E-state index contributed by atoms with van der Waals surface area (Å²) in [5.41, 5.74) is 2.05. The Kier molecular flexibility index (Phi) is 7.60. The first-order valence-corrected chi connectivity index (χ1v) is 12.1. The first kappa shape index (κ1) is 23.9. The van der Waals surface area contributed by atoms with Crippen molar-refractivity contribution in [1.29, 1.82) is 0 Å². The van der Waals surface area contributed by atoms with Crippen LogP contribution in [0.1, 0.15) is 58.4 Å². The average Bonchev–Trinajstić information content (AvgIpc) is 2.88. The van der Waals surface area contributed by atoms with Gasteiger partial charge >= 0.3 is 0 Å². The van der Waals surface area contributed by atoms with Gasteiger partial charge in [-0.3, -0.25) is 14.4 Å². The zero-order chi connectivity index (χ0) is 24.1. The second kappa shape index (κ2) is 10.8. The number of piperidine rings is 2. The van der Waals surface area contributed by atoms with E-state index in [0.717, 1.165) is 37.9 Å². The molecule has 0 aliphatic carbocycles. The zero-order valence-electron chi connectivity index (χ0n) is 19.6. The summed E-state index contributed by atoms with van der Waals surface area (Å²) in [5, 5.41) is 3.03. The number of aryl methyl sites for hydroxylation is 1. The van der Waals surface area contributed by atoms with Crippen LogP contribution in [0.4, 0.5) is 4.39 Å². The maximum Gasteiger partial charge on any atom is 0.253 e. The molecule has 2 aromatic carbocycles. The van der Waals surface area contributed by atoms with Crippen LogP contribution in [0.15, 0.2) is 48.5 Å². The highest BCUT2D eigenvalue weighted by Gasteiger charge is 2.36. The Balaban J connectivity index is 1.45. The molecule has 0 bridgehead atoms. The van der Waals surface area contributed by atoms with E-state index in [1.807, 2.05) is 24.0 Å². The van der Waals surface area contributed by atoms with Gasteiger partial charge in [0.15, 0.2) is 0 Å². The highest BCUT2D eigenvalue weighted by molar-refractivity contribution is 5.98. The normalized spacial score (nSPS) is 17.8. The van der Waals surface area contributed by atoms with E-state index < -0.39 is 6.04 Å². The lowest BCUT2D eigenvalue weighted by Crippen LogP contribution is -2.55. The SMILES string of the molecule is Cc1ccc(C(=O)NC(C(=O)N2CCCCC2)C2CCN(C(=O)c3ccc(F)cc3)CC2)cc1. The van der Waals surface area contributed by atoms with Gasteiger partial charge in [0.25, 0.3) is 11.8 Å². The van der Waals surface area contributed by atoms with Crippen LogP contribution < -0.4 is 5.32 Å². The van der Waals surface area contributed by atoms with Gasteiger partial charge in [0.1, 0.15) is 11.9 Å². The van der Waals surface area contributed by atoms with Crippen molar-refractivity contribution in [3.63, 3.8) is 0 Å². The summed E-state index contributed by atoms with van der Waals surface area (Å²) in [6.07, 6.45) is 4.31. The fourth-order valence-electron chi connectivity index (χ4n) is 4.83. The van der Waals surface area contributed by atoms with E-state index in [9.17, 15) is 18.8 Å². The maximum absolute atomic E-state index is 13.5. The molecule has 2 aliphatic rings. The highest BCUT2D eigenvalue weighted by Crippen LogP contribution is 2.25. The number of rotatable bonds is 5. The molecule has 180 valence electrons. The Morgan fingerprint density at radius 1 is 0.824 bits per heavy atom. The minimum absolute atomic E-state index is 0.0246. The minimum Gasteiger partial charge on any atom is -0.341 e. The van der Waals surface area contributed by atoms with Crippen LogP contribution in [0.2, 0.25) is 0 Å². The van der Waals surface area contributed by atoms with Gasteiger partial charge in [-0.05, 0) is 81.3 Å². The monoisotopic (exact) mass is 465 g/mol. The molecule has 0 radical (unpaired) electrons. The Labute approximate surface area is 200 Å². The first-order valence-electron chi connectivity index (χ1n) is 12.1. The van der Waals surface area contributed by atoms with Crippen LogP contribution in [0.25, 0.3) is 0 Å². The number of amides is 3. The van der Waals surface area contributed by atoms with Gasteiger partial charge in [0.2, 0.25) is 5.91 Å². The van der Waals surface area contributed by atoms with Crippen molar-refractivity contribution in [3.05, 3.63) is 71.0 Å². The number of nitrogens with one attached hydrogen (secondary N) is 1. The number of carbonyl (C=O) groups is 3. The molecule has 4 rings (SSSR count). The molecule has 0 aromatic heterocycles. The largest absolute Gasteiger partial charge is 0.341 e. The van der Waals surface area contributed by atoms with Crippen molar-refractivity contribution in [1.82, 2.24) is 15.1 Å². The molecule has 0 saturated carbocycles. The molecule has 1 unspecified atom stereocenters. The lowest BCUT2D eigenvalue weighted by atomic mass is 9.87. The van der Waals surface area contributed by atoms with E-state index in [0.29, 0.717) is 37.1 Å². The molecule has 1 N–H and O–H groups in total. The molecule has 2 heterocycles. The van der Waals surface area contributed by atoms with Crippen molar-refractivity contribution < 1.29 is 18.8 Å². The van der Waals surface area contributed by atoms with E-state index in [1.165, 1.54) is 24.3 Å². The molecule has 0 spiro atoms. The van der Waals surface area contributed by atoms with Gasteiger partial charge in [0, 0.05) is 37.3 Å². The number of nitrogens with zero attached hydrogens (tertiary/aromatic N) is 2. The zero-order valence-corrected chi connectivity index (χ0v) is 19.6. The third-order valence-electron chi connectivity index (χ3n) is 6.92. The molecule has 7 heteroatoms. The van der Waals surface area contributed by atoms with Gasteiger partial charge in [-0.2, -0.15) is 0 Å². The maximum atomic E-state index is 13.5. The Bertz CT molecular complexity index is 1010. The van der Waals surface area contributed by atoms with Gasteiger partial charge in [-0.15, -0.1) is 0 Å². The molecule has 34 heavy (non-hydrogen) atoms. The summed E-state index contributed by atoms with van der Waals surface area (Å²) < 4.78 is 13.2. The van der Waals surface area contributed by atoms with Gasteiger partial charge in [-0.25, -0.2) is 4.39 Å². The number of halogens is 1. The number of benzene rings is 2. The fraction of sp³-hybridized carbons (Fsp3) is 0.444. The summed E-state index contributed by atoms with van der Waals surface area (Å²) >= 11 is 0. The summed E-state index contributed by atoms with van der Waals surface area (Å²) in [4.78, 5) is 42.9. The van der Waals surface area contributed by atoms with Crippen molar-refractivity contribution >= 4 is 17.7 Å². The third-order valence-corrected chi connectivity index (χ3v) is 6.92. The Morgan fingerprint density at radius 2 is 1.41 bits per heavy atom. The smallest absolute Gasteiger partial charge is 0.253 e. The standard InChI is InChI=1S/C27H32FN3O3/c1-19-5-7-21(8-6-19)25(32)29-24(27(34)30-15-3-2-4-16-30)20-13-17-31(18-14-20)26(33)22-9-11-23(28)12-10-22/h5-12,20,24H,2-4,13-18H2,1H3,(H,29,32). The van der Waals surface area contributed by atoms with E-state index in [4.69, 9.17) is 0 Å². The molecular weight excluding hydrogens is 433 g/mol. The lowest BCUT2D eigenvalue weighted by molar-refractivity contribution is -0.136. The second-order valence-corrected chi connectivity index (χ2v) is 9.34. The van der Waals surface area contributed by atoms with Crippen molar-refractivity contribution in [2.75, 3.05) is 26.2 Å².